The number of ether oxygens (including phenoxy) is 2. The molecule has 0 aliphatic carbocycles. The molecule has 1 heterocycles. The van der Waals surface area contributed by atoms with Crippen molar-refractivity contribution in [3.63, 3.8) is 0 Å². The second-order valence-corrected chi connectivity index (χ2v) is 9.38. The molecule has 0 amide bonds. The van der Waals surface area contributed by atoms with Gasteiger partial charge in [0.05, 0.1) is 28.7 Å². The molecule has 0 fully saturated rings. The lowest BCUT2D eigenvalue weighted by Gasteiger charge is -2.15. The Morgan fingerprint density at radius 3 is 2.48 bits per heavy atom. The van der Waals surface area contributed by atoms with Gasteiger partial charge in [0.15, 0.2) is 11.5 Å². The molecule has 0 atom stereocenters. The number of nitrogens with one attached hydrogen (secondary N) is 1. The van der Waals surface area contributed by atoms with Crippen molar-refractivity contribution in [3.05, 3.63) is 100.0 Å². The van der Waals surface area contributed by atoms with Crippen LogP contribution >= 0.6 is 47.8 Å². The highest BCUT2D eigenvalue weighted by atomic mass is 79.9. The van der Waals surface area contributed by atoms with E-state index in [0.717, 1.165) is 14.7 Å². The molecule has 3 aromatic carbocycles. The van der Waals surface area contributed by atoms with Crippen molar-refractivity contribution in [1.82, 2.24) is 9.66 Å². The number of benzene rings is 3. The van der Waals surface area contributed by atoms with Crippen molar-refractivity contribution < 1.29 is 9.47 Å². The van der Waals surface area contributed by atoms with Crippen LogP contribution in [0.3, 0.4) is 0 Å². The Balaban J connectivity index is 1.68. The molecule has 33 heavy (non-hydrogen) atoms. The van der Waals surface area contributed by atoms with E-state index in [1.165, 1.54) is 13.3 Å². The second-order valence-electron chi connectivity index (χ2n) is 6.88. The van der Waals surface area contributed by atoms with E-state index in [-0.39, 0.29) is 0 Å². The molecule has 1 N–H and O–H groups in total. The van der Waals surface area contributed by atoms with Crippen LogP contribution in [0.1, 0.15) is 11.1 Å². The van der Waals surface area contributed by atoms with E-state index in [0.29, 0.717) is 43.5 Å². The first-order valence-electron chi connectivity index (χ1n) is 9.60. The predicted molar refractivity (Wildman–Crippen MR) is 139 cm³/mol. The van der Waals surface area contributed by atoms with Gasteiger partial charge < -0.3 is 14.5 Å². The van der Waals surface area contributed by atoms with Gasteiger partial charge in [-0.1, -0.05) is 40.2 Å². The number of para-hydroxylation sites is 1. The molecule has 168 valence electrons. The van der Waals surface area contributed by atoms with Crippen LogP contribution in [-0.4, -0.2) is 23.0 Å². The molecule has 7 nitrogen and oxygen atoms in total. The molecule has 0 unspecified atom stereocenters. The van der Waals surface area contributed by atoms with E-state index in [1.807, 2.05) is 24.3 Å². The lowest BCUT2D eigenvalue weighted by atomic mass is 10.2. The summed E-state index contributed by atoms with van der Waals surface area (Å²) < 4.78 is 14.5. The number of halogens is 3. The summed E-state index contributed by atoms with van der Waals surface area (Å²) in [4.78, 5) is 27.7. The average molecular weight is 638 g/mol. The minimum absolute atomic E-state index is 0.337. The van der Waals surface area contributed by atoms with Gasteiger partial charge in [-0.25, -0.2) is 4.79 Å². The molecule has 10 heteroatoms. The molecule has 0 aliphatic heterocycles. The summed E-state index contributed by atoms with van der Waals surface area (Å²) >= 11 is 10.5. The molecule has 0 spiro atoms. The molecule has 0 saturated heterocycles. The number of hydrogen-bond donors (Lipinski definition) is 1. The van der Waals surface area contributed by atoms with Crippen molar-refractivity contribution in [2.45, 2.75) is 6.61 Å². The third kappa shape index (κ3) is 4.97. The number of methoxy groups -OCH3 is 1. The first-order chi connectivity index (χ1) is 15.9. The van der Waals surface area contributed by atoms with E-state index >= 15 is 0 Å². The van der Waals surface area contributed by atoms with E-state index in [2.05, 4.69) is 57.9 Å². The second kappa shape index (κ2) is 10.1. The van der Waals surface area contributed by atoms with Gasteiger partial charge in [-0.15, -0.1) is 4.68 Å². The summed E-state index contributed by atoms with van der Waals surface area (Å²) in [5.41, 5.74) is 0.878. The van der Waals surface area contributed by atoms with Crippen LogP contribution in [0.4, 0.5) is 0 Å². The highest BCUT2D eigenvalue weighted by molar-refractivity contribution is 9.13. The normalized spacial score (nSPS) is 11.3. The standard InChI is InChI=1S/C23H16Br3N3O4/c1-32-18-10-14(11-27-29-22(30)16-4-2-3-5-17(16)28-23(29)31)19(25)20(26)21(18)33-12-13-6-8-15(24)9-7-13/h2-11H,12H2,1H3,(H,28,31). The number of H-pyrrole nitrogens is 1. The minimum atomic E-state index is -0.633. The number of rotatable bonds is 6. The Morgan fingerprint density at radius 2 is 1.76 bits per heavy atom. The van der Waals surface area contributed by atoms with Crippen LogP contribution < -0.4 is 20.7 Å². The highest BCUT2D eigenvalue weighted by Crippen LogP contribution is 2.42. The lowest BCUT2D eigenvalue weighted by molar-refractivity contribution is 0.282. The van der Waals surface area contributed by atoms with Crippen LogP contribution in [0.25, 0.3) is 10.9 Å². The predicted octanol–water partition coefficient (Wildman–Crippen LogP) is 5.45. The number of hydrogen-bond acceptors (Lipinski definition) is 5. The lowest BCUT2D eigenvalue weighted by Crippen LogP contribution is -2.32. The zero-order chi connectivity index (χ0) is 23.5. The fourth-order valence-corrected chi connectivity index (χ4v) is 4.30. The Bertz CT molecular complexity index is 1480. The number of nitrogens with zero attached hydrogens (tertiary/aromatic N) is 2. The van der Waals surface area contributed by atoms with Gasteiger partial charge in [-0.3, -0.25) is 4.79 Å². The van der Waals surface area contributed by atoms with Gasteiger partial charge in [0.2, 0.25) is 0 Å². The van der Waals surface area contributed by atoms with Gasteiger partial charge >= 0.3 is 5.69 Å². The minimum Gasteiger partial charge on any atom is -0.493 e. The van der Waals surface area contributed by atoms with Gasteiger partial charge in [0, 0.05) is 14.5 Å². The van der Waals surface area contributed by atoms with Gasteiger partial charge in [-0.05, 0) is 67.8 Å². The average Bonchev–Trinajstić information content (AvgIpc) is 2.81. The van der Waals surface area contributed by atoms with Gasteiger partial charge in [0.25, 0.3) is 5.56 Å². The molecule has 1 aromatic heterocycles. The smallest absolute Gasteiger partial charge is 0.349 e. The monoisotopic (exact) mass is 635 g/mol. The molecule has 4 rings (SSSR count). The van der Waals surface area contributed by atoms with Crippen LogP contribution in [-0.2, 0) is 6.61 Å². The number of aromatic amines is 1. The zero-order valence-corrected chi connectivity index (χ0v) is 21.9. The summed E-state index contributed by atoms with van der Waals surface area (Å²) in [7, 11) is 1.53. The van der Waals surface area contributed by atoms with Crippen LogP contribution in [0.15, 0.2) is 82.7 Å². The number of aromatic nitrogens is 2. The topological polar surface area (TPSA) is 85.7 Å². The summed E-state index contributed by atoms with van der Waals surface area (Å²) in [6.07, 6.45) is 1.40. The Kier molecular flexibility index (Phi) is 7.16. The van der Waals surface area contributed by atoms with Gasteiger partial charge in [-0.2, -0.15) is 5.10 Å². The maximum Gasteiger partial charge on any atom is 0.349 e. The van der Waals surface area contributed by atoms with Crippen molar-refractivity contribution in [2.75, 3.05) is 7.11 Å². The third-order valence-electron chi connectivity index (χ3n) is 4.77. The van der Waals surface area contributed by atoms with E-state index < -0.39 is 11.2 Å². The molecule has 0 saturated carbocycles. The maximum atomic E-state index is 12.7. The SMILES string of the molecule is COc1cc(C=Nn2c(=O)[nH]c3ccccc3c2=O)c(Br)c(Br)c1OCc1ccc(Br)cc1. The van der Waals surface area contributed by atoms with Crippen molar-refractivity contribution in [3.8, 4) is 11.5 Å². The number of fused-ring (bicyclic) bond motifs is 1. The largest absolute Gasteiger partial charge is 0.493 e. The van der Waals surface area contributed by atoms with Crippen LogP contribution in [0, 0.1) is 0 Å². The van der Waals surface area contributed by atoms with Crippen molar-refractivity contribution >= 4 is 64.9 Å². The van der Waals surface area contributed by atoms with E-state index in [9.17, 15) is 9.59 Å². The summed E-state index contributed by atoms with van der Waals surface area (Å²) in [6.45, 7) is 0.337. The highest BCUT2D eigenvalue weighted by Gasteiger charge is 2.17. The summed E-state index contributed by atoms with van der Waals surface area (Å²) in [5.74, 6) is 0.966. The summed E-state index contributed by atoms with van der Waals surface area (Å²) in [5, 5.41) is 4.48. The molecule has 4 aromatic rings. The molecular weight excluding hydrogens is 622 g/mol. The maximum absolute atomic E-state index is 12.7. The van der Waals surface area contributed by atoms with E-state index in [4.69, 9.17) is 9.47 Å². The molecule has 0 radical (unpaired) electrons. The fraction of sp³-hybridized carbons (Fsp3) is 0.0870. The Labute approximate surface area is 213 Å². The Morgan fingerprint density at radius 1 is 1.03 bits per heavy atom. The van der Waals surface area contributed by atoms with Crippen molar-refractivity contribution in [2.24, 2.45) is 5.10 Å². The third-order valence-corrected chi connectivity index (χ3v) is 7.44. The summed E-state index contributed by atoms with van der Waals surface area (Å²) in [6, 6.07) is 16.3. The molecule has 0 bridgehead atoms. The van der Waals surface area contributed by atoms with Crippen molar-refractivity contribution in [1.29, 1.82) is 0 Å². The van der Waals surface area contributed by atoms with Crippen LogP contribution in [0.2, 0.25) is 0 Å². The van der Waals surface area contributed by atoms with Crippen LogP contribution in [0.5, 0.6) is 11.5 Å². The first kappa shape index (κ1) is 23.5. The first-order valence-corrected chi connectivity index (χ1v) is 12.0. The van der Waals surface area contributed by atoms with Gasteiger partial charge in [0.1, 0.15) is 6.61 Å². The fourth-order valence-electron chi connectivity index (χ4n) is 3.10. The molecular formula is C23H16Br3N3O4. The Hall–Kier alpha value is -2.69. The van der Waals surface area contributed by atoms with E-state index in [1.54, 1.807) is 30.3 Å². The zero-order valence-electron chi connectivity index (χ0n) is 17.1. The molecule has 0 aliphatic rings. The quantitative estimate of drug-likeness (QED) is 0.285.